The van der Waals surface area contributed by atoms with Gasteiger partial charge in [0.2, 0.25) is 10.0 Å². The third-order valence-electron chi connectivity index (χ3n) is 5.28. The predicted octanol–water partition coefficient (Wildman–Crippen LogP) is 4.47. The number of hydrogen-bond donors (Lipinski definition) is 1. The number of nitrogens with zero attached hydrogens (tertiary/aromatic N) is 1. The highest BCUT2D eigenvalue weighted by Gasteiger charge is 2.21. The summed E-state index contributed by atoms with van der Waals surface area (Å²) in [5.41, 5.74) is 3.17. The maximum atomic E-state index is 13.7. The normalized spacial score (nSPS) is 17.6. The van der Waals surface area contributed by atoms with Crippen LogP contribution in [0.4, 0.5) is 4.39 Å². The van der Waals surface area contributed by atoms with E-state index in [1.165, 1.54) is 11.8 Å². The second-order valence-corrected chi connectivity index (χ2v) is 9.76. The molecular formula is C21H26ClFN2O2S. The van der Waals surface area contributed by atoms with E-state index in [0.717, 1.165) is 43.6 Å². The predicted molar refractivity (Wildman–Crippen MR) is 111 cm³/mol. The summed E-state index contributed by atoms with van der Waals surface area (Å²) < 4.78 is 39.0. The topological polar surface area (TPSA) is 49.4 Å². The van der Waals surface area contributed by atoms with E-state index in [9.17, 15) is 12.8 Å². The summed E-state index contributed by atoms with van der Waals surface area (Å²) in [5, 5.41) is 0.172. The molecule has 1 fully saturated rings. The lowest BCUT2D eigenvalue weighted by Gasteiger charge is -2.32. The number of nitrogens with one attached hydrogen (secondary N) is 1. The Bertz CT molecular complexity index is 911. The van der Waals surface area contributed by atoms with Crippen LogP contribution in [0.2, 0.25) is 5.02 Å². The molecule has 0 bridgehead atoms. The molecule has 0 unspecified atom stereocenters. The third kappa shape index (κ3) is 5.77. The number of halogens is 2. The quantitative estimate of drug-likeness (QED) is 0.744. The molecule has 0 saturated carbocycles. The van der Waals surface area contributed by atoms with Crippen LogP contribution in [-0.2, 0) is 16.6 Å². The van der Waals surface area contributed by atoms with E-state index in [2.05, 4.69) is 21.8 Å². The fraction of sp³-hybridized carbons (Fsp3) is 0.429. The van der Waals surface area contributed by atoms with Gasteiger partial charge in [0.05, 0.1) is 11.3 Å². The van der Waals surface area contributed by atoms with Crippen LogP contribution in [0.1, 0.15) is 48.4 Å². The number of rotatable bonds is 6. The molecule has 152 valence electrons. The Morgan fingerprint density at radius 3 is 2.39 bits per heavy atom. The monoisotopic (exact) mass is 424 g/mol. The van der Waals surface area contributed by atoms with Crippen LogP contribution in [0.3, 0.4) is 0 Å². The van der Waals surface area contributed by atoms with E-state index in [1.54, 1.807) is 12.1 Å². The van der Waals surface area contributed by atoms with Gasteiger partial charge >= 0.3 is 0 Å². The van der Waals surface area contributed by atoms with Gasteiger partial charge in [-0.3, -0.25) is 4.90 Å². The Hall–Kier alpha value is -1.47. The SMILES string of the molecule is C[C@@H](NS(C)(=O)=O)c1ccc(CN2CCC(c3ccc(Cl)c(F)c3)CC2)cc1. The van der Waals surface area contributed by atoms with Crippen LogP contribution < -0.4 is 4.72 Å². The first-order valence-electron chi connectivity index (χ1n) is 9.45. The van der Waals surface area contributed by atoms with Crippen LogP contribution in [-0.4, -0.2) is 32.7 Å². The summed E-state index contributed by atoms with van der Waals surface area (Å²) in [7, 11) is -3.23. The standard InChI is InChI=1S/C21H26ClFN2O2S/c1-15(24-28(2,26)27)17-5-3-16(4-6-17)14-25-11-9-18(10-12-25)19-7-8-20(22)21(23)13-19/h3-8,13,15,18,24H,9-12,14H2,1-2H3/t15-/m1/s1. The molecule has 1 aliphatic heterocycles. The van der Waals surface area contributed by atoms with Crippen molar-refractivity contribution in [2.45, 2.75) is 38.3 Å². The molecule has 3 rings (SSSR count). The highest BCUT2D eigenvalue weighted by molar-refractivity contribution is 7.88. The van der Waals surface area contributed by atoms with Crippen LogP contribution in [0.15, 0.2) is 42.5 Å². The largest absolute Gasteiger partial charge is 0.299 e. The van der Waals surface area contributed by atoms with Crippen molar-refractivity contribution in [2.24, 2.45) is 0 Å². The second kappa shape index (κ2) is 8.91. The smallest absolute Gasteiger partial charge is 0.209 e. The average molecular weight is 425 g/mol. The highest BCUT2D eigenvalue weighted by Crippen LogP contribution is 2.30. The van der Waals surface area contributed by atoms with Gasteiger partial charge in [-0.05, 0) is 67.6 Å². The van der Waals surface area contributed by atoms with Crippen molar-refractivity contribution >= 4 is 21.6 Å². The minimum atomic E-state index is -3.23. The molecule has 4 nitrogen and oxygen atoms in total. The van der Waals surface area contributed by atoms with E-state index >= 15 is 0 Å². The lowest BCUT2D eigenvalue weighted by atomic mass is 9.89. The average Bonchev–Trinajstić information content (AvgIpc) is 2.64. The molecule has 1 atom stereocenters. The first-order chi connectivity index (χ1) is 13.2. The maximum Gasteiger partial charge on any atom is 0.209 e. The first kappa shape index (κ1) is 21.2. The summed E-state index contributed by atoms with van der Waals surface area (Å²) in [6, 6.07) is 12.9. The lowest BCUT2D eigenvalue weighted by molar-refractivity contribution is 0.204. The fourth-order valence-electron chi connectivity index (χ4n) is 3.75. The molecule has 1 aliphatic rings. The Morgan fingerprint density at radius 2 is 1.82 bits per heavy atom. The van der Waals surface area contributed by atoms with Crippen molar-refractivity contribution in [3.05, 3.63) is 70.0 Å². The summed E-state index contributed by atoms with van der Waals surface area (Å²) >= 11 is 5.78. The zero-order valence-corrected chi connectivity index (χ0v) is 17.7. The van der Waals surface area contributed by atoms with Crippen molar-refractivity contribution in [3.8, 4) is 0 Å². The van der Waals surface area contributed by atoms with E-state index < -0.39 is 10.0 Å². The van der Waals surface area contributed by atoms with Gasteiger partial charge in [0.1, 0.15) is 5.82 Å². The molecular weight excluding hydrogens is 399 g/mol. The molecule has 28 heavy (non-hydrogen) atoms. The molecule has 1 saturated heterocycles. The van der Waals surface area contributed by atoms with Gasteiger partial charge in [-0.25, -0.2) is 17.5 Å². The Morgan fingerprint density at radius 1 is 1.18 bits per heavy atom. The molecule has 0 aromatic heterocycles. The summed E-state index contributed by atoms with van der Waals surface area (Å²) in [6.07, 6.45) is 3.16. The summed E-state index contributed by atoms with van der Waals surface area (Å²) in [5.74, 6) is 0.0228. The molecule has 2 aromatic rings. The zero-order chi connectivity index (χ0) is 20.3. The fourth-order valence-corrected chi connectivity index (χ4v) is 4.65. The van der Waals surface area contributed by atoms with E-state index in [4.69, 9.17) is 11.6 Å². The summed E-state index contributed by atoms with van der Waals surface area (Å²) in [6.45, 7) is 4.61. The Labute approximate surface area is 171 Å². The van der Waals surface area contributed by atoms with Crippen LogP contribution in [0.5, 0.6) is 0 Å². The van der Waals surface area contributed by atoms with Gasteiger partial charge in [-0.2, -0.15) is 0 Å². The zero-order valence-electron chi connectivity index (χ0n) is 16.2. The molecule has 1 N–H and O–H groups in total. The molecule has 0 spiro atoms. The van der Waals surface area contributed by atoms with Gasteiger partial charge < -0.3 is 0 Å². The molecule has 7 heteroatoms. The van der Waals surface area contributed by atoms with E-state index in [1.807, 2.05) is 25.1 Å². The van der Waals surface area contributed by atoms with Crippen LogP contribution in [0.25, 0.3) is 0 Å². The molecule has 0 amide bonds. The molecule has 0 aliphatic carbocycles. The number of sulfonamides is 1. The number of benzene rings is 2. The van der Waals surface area contributed by atoms with Gasteiger partial charge in [0, 0.05) is 12.6 Å². The second-order valence-electron chi connectivity index (χ2n) is 7.58. The highest BCUT2D eigenvalue weighted by atomic mass is 35.5. The molecule has 1 heterocycles. The number of piperidine rings is 1. The summed E-state index contributed by atoms with van der Waals surface area (Å²) in [4.78, 5) is 2.40. The third-order valence-corrected chi connectivity index (χ3v) is 6.37. The maximum absolute atomic E-state index is 13.7. The van der Waals surface area contributed by atoms with Crippen molar-refractivity contribution in [1.82, 2.24) is 9.62 Å². The lowest BCUT2D eigenvalue weighted by Crippen LogP contribution is -2.32. The van der Waals surface area contributed by atoms with E-state index in [-0.39, 0.29) is 16.9 Å². The van der Waals surface area contributed by atoms with Crippen LogP contribution >= 0.6 is 11.6 Å². The van der Waals surface area contributed by atoms with Crippen molar-refractivity contribution in [2.75, 3.05) is 19.3 Å². The Kier molecular flexibility index (Phi) is 6.76. The van der Waals surface area contributed by atoms with Gasteiger partial charge in [0.25, 0.3) is 0 Å². The Balaban J connectivity index is 1.54. The van der Waals surface area contributed by atoms with Crippen molar-refractivity contribution in [3.63, 3.8) is 0 Å². The van der Waals surface area contributed by atoms with Gasteiger partial charge in [-0.1, -0.05) is 41.9 Å². The van der Waals surface area contributed by atoms with Crippen LogP contribution in [0, 0.1) is 5.82 Å². The minimum Gasteiger partial charge on any atom is -0.299 e. The molecule has 0 radical (unpaired) electrons. The number of likely N-dealkylation sites (tertiary alicyclic amines) is 1. The van der Waals surface area contributed by atoms with Crippen molar-refractivity contribution < 1.29 is 12.8 Å². The van der Waals surface area contributed by atoms with Gasteiger partial charge in [-0.15, -0.1) is 0 Å². The van der Waals surface area contributed by atoms with E-state index in [0.29, 0.717) is 5.92 Å². The van der Waals surface area contributed by atoms with Gasteiger partial charge in [0.15, 0.2) is 0 Å². The first-order valence-corrected chi connectivity index (χ1v) is 11.7. The molecule has 2 aromatic carbocycles. The number of hydrogen-bond acceptors (Lipinski definition) is 3. The minimum absolute atomic E-state index is 0.172. The van der Waals surface area contributed by atoms with Crippen molar-refractivity contribution in [1.29, 1.82) is 0 Å².